The van der Waals surface area contributed by atoms with E-state index in [1.807, 2.05) is 60.7 Å². The average molecular weight is 370 g/mol. The Morgan fingerprint density at radius 2 is 1.57 bits per heavy atom. The highest BCUT2D eigenvalue weighted by molar-refractivity contribution is 5.94. The van der Waals surface area contributed by atoms with E-state index < -0.39 is 5.97 Å². The number of aromatic nitrogens is 2. The quantitative estimate of drug-likeness (QED) is 0.501. The van der Waals surface area contributed by atoms with Gasteiger partial charge in [0.15, 0.2) is 0 Å². The van der Waals surface area contributed by atoms with Crippen molar-refractivity contribution in [2.24, 2.45) is 0 Å². The van der Waals surface area contributed by atoms with Crippen LogP contribution in [0.1, 0.15) is 21.5 Å². The molecule has 1 aromatic heterocycles. The molecular weight excluding hydrogens is 352 g/mol. The van der Waals surface area contributed by atoms with E-state index >= 15 is 0 Å². The van der Waals surface area contributed by atoms with Gasteiger partial charge in [-0.3, -0.25) is 9.36 Å². The van der Waals surface area contributed by atoms with E-state index in [4.69, 9.17) is 4.74 Å². The topological polar surface area (TPSA) is 61.2 Å². The largest absolute Gasteiger partial charge is 0.457 e. The fraction of sp³-hybridized carbons (Fsp3) is 0.0870. The van der Waals surface area contributed by atoms with Crippen LogP contribution in [-0.2, 0) is 17.9 Å². The van der Waals surface area contributed by atoms with Crippen molar-refractivity contribution in [1.82, 2.24) is 9.55 Å². The number of nitrogens with zero attached hydrogens (tertiary/aromatic N) is 2. The smallest absolute Gasteiger partial charge is 0.338 e. The number of esters is 1. The first-order chi connectivity index (χ1) is 13.7. The number of hydrogen-bond acceptors (Lipinski definition) is 4. The Morgan fingerprint density at radius 1 is 0.893 bits per heavy atom. The van der Waals surface area contributed by atoms with Gasteiger partial charge in [0.25, 0.3) is 5.56 Å². The fourth-order valence-corrected chi connectivity index (χ4v) is 2.98. The summed E-state index contributed by atoms with van der Waals surface area (Å²) in [4.78, 5) is 29.4. The van der Waals surface area contributed by atoms with Crippen molar-refractivity contribution in [1.29, 1.82) is 0 Å². The van der Waals surface area contributed by atoms with Crippen LogP contribution in [0.5, 0.6) is 0 Å². The van der Waals surface area contributed by atoms with Gasteiger partial charge in [0.2, 0.25) is 0 Å². The lowest BCUT2D eigenvalue weighted by Crippen LogP contribution is -2.21. The van der Waals surface area contributed by atoms with Crippen LogP contribution in [0.4, 0.5) is 0 Å². The number of ether oxygens (including phenoxy) is 1. The van der Waals surface area contributed by atoms with Crippen molar-refractivity contribution >= 4 is 16.9 Å². The molecule has 3 aromatic carbocycles. The van der Waals surface area contributed by atoms with Gasteiger partial charge in [-0.15, -0.1) is 0 Å². The summed E-state index contributed by atoms with van der Waals surface area (Å²) < 4.78 is 6.91. The van der Waals surface area contributed by atoms with E-state index in [9.17, 15) is 9.59 Å². The minimum Gasteiger partial charge on any atom is -0.457 e. The van der Waals surface area contributed by atoms with Gasteiger partial charge in [-0.1, -0.05) is 60.7 Å². The second-order valence-electron chi connectivity index (χ2n) is 6.46. The normalized spacial score (nSPS) is 10.7. The van der Waals surface area contributed by atoms with E-state index in [0.717, 1.165) is 11.1 Å². The molecule has 0 bridgehead atoms. The summed E-state index contributed by atoms with van der Waals surface area (Å²) in [6.07, 6.45) is 1.51. The average Bonchev–Trinajstić information content (AvgIpc) is 2.75. The molecule has 0 fully saturated rings. The van der Waals surface area contributed by atoms with Crippen molar-refractivity contribution in [2.45, 2.75) is 13.2 Å². The van der Waals surface area contributed by atoms with Gasteiger partial charge in [-0.25, -0.2) is 9.78 Å². The minimum absolute atomic E-state index is 0.141. The zero-order valence-electron chi connectivity index (χ0n) is 15.1. The van der Waals surface area contributed by atoms with Crippen LogP contribution in [0.15, 0.2) is 90.0 Å². The molecule has 1 heterocycles. The van der Waals surface area contributed by atoms with Gasteiger partial charge in [-0.2, -0.15) is 0 Å². The van der Waals surface area contributed by atoms with Gasteiger partial charge < -0.3 is 4.74 Å². The second-order valence-corrected chi connectivity index (χ2v) is 6.46. The minimum atomic E-state index is -0.444. The van der Waals surface area contributed by atoms with Crippen molar-refractivity contribution in [3.63, 3.8) is 0 Å². The maximum Gasteiger partial charge on any atom is 0.338 e. The first-order valence-electron chi connectivity index (χ1n) is 8.95. The predicted octanol–water partition coefficient (Wildman–Crippen LogP) is 3.80. The molecule has 0 aliphatic heterocycles. The molecule has 0 spiro atoms. The molecule has 0 aliphatic carbocycles. The van der Waals surface area contributed by atoms with Crippen LogP contribution in [-0.4, -0.2) is 15.5 Å². The van der Waals surface area contributed by atoms with E-state index in [2.05, 4.69) is 4.98 Å². The summed E-state index contributed by atoms with van der Waals surface area (Å²) in [5.74, 6) is -0.444. The van der Waals surface area contributed by atoms with Gasteiger partial charge in [0.1, 0.15) is 6.61 Å². The lowest BCUT2D eigenvalue weighted by Gasteiger charge is -2.08. The standard InChI is InChI=1S/C23H18N2O3/c26-22-20-12-11-19(23(27)28-15-18-9-5-2-6-10-18)13-21(20)24-16-25(22)14-17-7-3-1-4-8-17/h1-13,16H,14-15H2. The predicted molar refractivity (Wildman–Crippen MR) is 107 cm³/mol. The molecular formula is C23H18N2O3. The SMILES string of the molecule is O=C(OCc1ccccc1)c1ccc2c(=O)n(Cc3ccccc3)cnc2c1. The third-order valence-electron chi connectivity index (χ3n) is 4.47. The molecule has 0 amide bonds. The summed E-state index contributed by atoms with van der Waals surface area (Å²) in [6, 6.07) is 24.0. The third-order valence-corrected chi connectivity index (χ3v) is 4.47. The third kappa shape index (κ3) is 3.83. The van der Waals surface area contributed by atoms with E-state index in [1.54, 1.807) is 22.8 Å². The Kier molecular flexibility index (Phi) is 4.97. The van der Waals surface area contributed by atoms with Crippen LogP contribution in [0.3, 0.4) is 0 Å². The molecule has 0 unspecified atom stereocenters. The number of fused-ring (bicyclic) bond motifs is 1. The summed E-state index contributed by atoms with van der Waals surface area (Å²) >= 11 is 0. The van der Waals surface area contributed by atoms with Gasteiger partial charge in [0, 0.05) is 0 Å². The fourth-order valence-electron chi connectivity index (χ4n) is 2.98. The van der Waals surface area contributed by atoms with Crippen LogP contribution in [0, 0.1) is 0 Å². The molecule has 0 saturated heterocycles. The zero-order valence-corrected chi connectivity index (χ0v) is 15.1. The van der Waals surface area contributed by atoms with E-state index in [0.29, 0.717) is 23.0 Å². The maximum absolute atomic E-state index is 12.7. The van der Waals surface area contributed by atoms with Crippen molar-refractivity contribution in [2.75, 3.05) is 0 Å². The van der Waals surface area contributed by atoms with E-state index in [-0.39, 0.29) is 12.2 Å². The first kappa shape index (κ1) is 17.7. The van der Waals surface area contributed by atoms with Crippen molar-refractivity contribution in [3.8, 4) is 0 Å². The first-order valence-corrected chi connectivity index (χ1v) is 8.95. The number of rotatable bonds is 5. The number of benzene rings is 3. The van der Waals surface area contributed by atoms with Crippen LogP contribution >= 0.6 is 0 Å². The maximum atomic E-state index is 12.7. The molecule has 0 atom stereocenters. The Hall–Kier alpha value is -3.73. The molecule has 0 radical (unpaired) electrons. The van der Waals surface area contributed by atoms with Gasteiger partial charge in [0.05, 0.1) is 29.3 Å². The van der Waals surface area contributed by atoms with Crippen molar-refractivity contribution < 1.29 is 9.53 Å². The Labute approximate surface area is 161 Å². The molecule has 5 nitrogen and oxygen atoms in total. The molecule has 28 heavy (non-hydrogen) atoms. The molecule has 4 rings (SSSR count). The van der Waals surface area contributed by atoms with Crippen LogP contribution in [0.25, 0.3) is 10.9 Å². The molecule has 0 saturated carbocycles. The number of carbonyl (C=O) groups excluding carboxylic acids is 1. The lowest BCUT2D eigenvalue weighted by atomic mass is 10.1. The highest BCUT2D eigenvalue weighted by atomic mass is 16.5. The molecule has 0 aliphatic rings. The summed E-state index contributed by atoms with van der Waals surface area (Å²) in [7, 11) is 0. The van der Waals surface area contributed by atoms with Gasteiger partial charge in [-0.05, 0) is 29.3 Å². The summed E-state index contributed by atoms with van der Waals surface area (Å²) in [6.45, 7) is 0.646. The van der Waals surface area contributed by atoms with Gasteiger partial charge >= 0.3 is 5.97 Å². The lowest BCUT2D eigenvalue weighted by molar-refractivity contribution is 0.0473. The second kappa shape index (κ2) is 7.88. The molecule has 0 N–H and O–H groups in total. The Balaban J connectivity index is 1.55. The zero-order chi connectivity index (χ0) is 19.3. The highest BCUT2D eigenvalue weighted by Crippen LogP contribution is 2.13. The Bertz CT molecular complexity index is 1170. The molecule has 5 heteroatoms. The summed E-state index contributed by atoms with van der Waals surface area (Å²) in [5, 5.41) is 0.470. The molecule has 138 valence electrons. The summed E-state index contributed by atoms with van der Waals surface area (Å²) in [5.41, 5.74) is 2.64. The highest BCUT2D eigenvalue weighted by Gasteiger charge is 2.11. The molecule has 4 aromatic rings. The number of carbonyl (C=O) groups is 1. The van der Waals surface area contributed by atoms with Crippen molar-refractivity contribution in [3.05, 3.63) is 112 Å². The van der Waals surface area contributed by atoms with Crippen LogP contribution < -0.4 is 5.56 Å². The van der Waals surface area contributed by atoms with E-state index in [1.165, 1.54) is 6.33 Å². The monoisotopic (exact) mass is 370 g/mol. The Morgan fingerprint density at radius 3 is 2.29 bits per heavy atom. The van der Waals surface area contributed by atoms with Crippen LogP contribution in [0.2, 0.25) is 0 Å². The number of hydrogen-bond donors (Lipinski definition) is 0.